The lowest BCUT2D eigenvalue weighted by Crippen LogP contribution is -2.20. The summed E-state index contributed by atoms with van der Waals surface area (Å²) in [5, 5.41) is 0. The van der Waals surface area contributed by atoms with E-state index in [1.54, 1.807) is 6.08 Å². The van der Waals surface area contributed by atoms with Crippen LogP contribution in [0.3, 0.4) is 0 Å². The second-order valence-electron chi connectivity index (χ2n) is 5.86. The summed E-state index contributed by atoms with van der Waals surface area (Å²) in [6, 6.07) is 8.33. The minimum absolute atomic E-state index is 0.785. The van der Waals surface area contributed by atoms with E-state index < -0.39 is 0 Å². The molecule has 0 saturated carbocycles. The molecule has 0 heterocycles. The third-order valence-corrected chi connectivity index (χ3v) is 3.73. The van der Waals surface area contributed by atoms with E-state index >= 15 is 0 Å². The molecule has 23 heavy (non-hydrogen) atoms. The molecular weight excluding hydrogens is 282 g/mol. The van der Waals surface area contributed by atoms with Gasteiger partial charge in [-0.25, -0.2) is 0 Å². The molecule has 1 rings (SSSR count). The molecule has 0 aromatic heterocycles. The lowest BCUT2D eigenvalue weighted by Gasteiger charge is -2.15. The zero-order valence-corrected chi connectivity index (χ0v) is 14.8. The second-order valence-corrected chi connectivity index (χ2v) is 5.86. The SMILES string of the molecule is C=C/C=C(\C=C)Cc1ccc(OCCCCN(C)CCC)cc1. The van der Waals surface area contributed by atoms with Gasteiger partial charge in [0.1, 0.15) is 5.75 Å². The normalized spacial score (nSPS) is 11.5. The van der Waals surface area contributed by atoms with Crippen LogP contribution in [0, 0.1) is 0 Å². The van der Waals surface area contributed by atoms with E-state index in [1.807, 2.05) is 24.3 Å². The molecule has 2 heteroatoms. The molecule has 126 valence electrons. The minimum Gasteiger partial charge on any atom is -0.494 e. The predicted molar refractivity (Wildman–Crippen MR) is 101 cm³/mol. The van der Waals surface area contributed by atoms with E-state index in [2.05, 4.69) is 44.2 Å². The van der Waals surface area contributed by atoms with Crippen LogP contribution in [-0.4, -0.2) is 31.6 Å². The van der Waals surface area contributed by atoms with Crippen molar-refractivity contribution in [3.63, 3.8) is 0 Å². The van der Waals surface area contributed by atoms with Crippen LogP contribution in [0.1, 0.15) is 31.7 Å². The Morgan fingerprint density at radius 1 is 1.13 bits per heavy atom. The number of rotatable bonds is 12. The Labute approximate surface area is 142 Å². The van der Waals surface area contributed by atoms with Crippen molar-refractivity contribution in [1.29, 1.82) is 0 Å². The molecule has 0 N–H and O–H groups in total. The molecule has 2 nitrogen and oxygen atoms in total. The summed E-state index contributed by atoms with van der Waals surface area (Å²) in [6.45, 7) is 12.9. The Morgan fingerprint density at radius 3 is 2.48 bits per heavy atom. The first-order valence-corrected chi connectivity index (χ1v) is 8.54. The summed E-state index contributed by atoms with van der Waals surface area (Å²) in [6.07, 6.45) is 10.0. The number of ether oxygens (including phenoxy) is 1. The lowest BCUT2D eigenvalue weighted by molar-refractivity contribution is 0.279. The number of nitrogens with zero attached hydrogens (tertiary/aromatic N) is 1. The maximum Gasteiger partial charge on any atom is 0.119 e. The molecule has 0 unspecified atom stereocenters. The van der Waals surface area contributed by atoms with Gasteiger partial charge in [0.05, 0.1) is 6.61 Å². The molecule has 0 aliphatic rings. The average Bonchev–Trinajstić information content (AvgIpc) is 2.56. The first kappa shape index (κ1) is 19.2. The predicted octanol–water partition coefficient (Wildman–Crippen LogP) is 5.03. The quantitative estimate of drug-likeness (QED) is 0.396. The highest BCUT2D eigenvalue weighted by Crippen LogP contribution is 2.16. The Morgan fingerprint density at radius 2 is 1.87 bits per heavy atom. The van der Waals surface area contributed by atoms with Gasteiger partial charge in [-0.3, -0.25) is 0 Å². The van der Waals surface area contributed by atoms with E-state index in [4.69, 9.17) is 4.74 Å². The fourth-order valence-corrected chi connectivity index (χ4v) is 2.46. The Bertz CT molecular complexity index is 487. The van der Waals surface area contributed by atoms with Gasteiger partial charge in [0, 0.05) is 0 Å². The summed E-state index contributed by atoms with van der Waals surface area (Å²) in [5.41, 5.74) is 2.43. The summed E-state index contributed by atoms with van der Waals surface area (Å²) >= 11 is 0. The van der Waals surface area contributed by atoms with E-state index in [9.17, 15) is 0 Å². The summed E-state index contributed by atoms with van der Waals surface area (Å²) in [7, 11) is 2.18. The molecule has 0 amide bonds. The van der Waals surface area contributed by atoms with Gasteiger partial charge in [-0.1, -0.05) is 50.4 Å². The van der Waals surface area contributed by atoms with Crippen molar-refractivity contribution in [2.75, 3.05) is 26.7 Å². The smallest absolute Gasteiger partial charge is 0.119 e. The maximum atomic E-state index is 5.81. The van der Waals surface area contributed by atoms with Crippen LogP contribution in [0.4, 0.5) is 0 Å². The van der Waals surface area contributed by atoms with Crippen LogP contribution in [0.2, 0.25) is 0 Å². The molecule has 0 aliphatic heterocycles. The van der Waals surface area contributed by atoms with Gasteiger partial charge in [-0.2, -0.15) is 0 Å². The number of benzene rings is 1. The third kappa shape index (κ3) is 8.41. The molecule has 0 spiro atoms. The van der Waals surface area contributed by atoms with Crippen molar-refractivity contribution in [2.24, 2.45) is 0 Å². The second kappa shape index (κ2) is 11.7. The molecule has 1 aromatic rings. The molecular formula is C21H31NO. The van der Waals surface area contributed by atoms with E-state index in [1.165, 1.54) is 30.5 Å². The maximum absolute atomic E-state index is 5.81. The largest absolute Gasteiger partial charge is 0.494 e. The number of allylic oxidation sites excluding steroid dienone is 4. The highest BCUT2D eigenvalue weighted by molar-refractivity contribution is 5.33. The molecule has 0 radical (unpaired) electrons. The van der Waals surface area contributed by atoms with Crippen LogP contribution in [0.25, 0.3) is 0 Å². The molecule has 0 fully saturated rings. The van der Waals surface area contributed by atoms with Gasteiger partial charge in [0.15, 0.2) is 0 Å². The Kier molecular flexibility index (Phi) is 9.81. The van der Waals surface area contributed by atoms with Crippen molar-refractivity contribution in [2.45, 2.75) is 32.6 Å². The van der Waals surface area contributed by atoms with Crippen LogP contribution in [-0.2, 0) is 6.42 Å². The lowest BCUT2D eigenvalue weighted by atomic mass is 10.0. The third-order valence-electron chi connectivity index (χ3n) is 3.73. The van der Waals surface area contributed by atoms with Crippen molar-refractivity contribution in [3.05, 3.63) is 66.8 Å². The van der Waals surface area contributed by atoms with Crippen molar-refractivity contribution in [3.8, 4) is 5.75 Å². The molecule has 0 saturated heterocycles. The van der Waals surface area contributed by atoms with E-state index in [0.717, 1.165) is 31.7 Å². The summed E-state index contributed by atoms with van der Waals surface area (Å²) < 4.78 is 5.81. The number of hydrogen-bond donors (Lipinski definition) is 0. The van der Waals surface area contributed by atoms with Gasteiger partial charge in [0.2, 0.25) is 0 Å². The zero-order chi connectivity index (χ0) is 16.9. The highest BCUT2D eigenvalue weighted by atomic mass is 16.5. The van der Waals surface area contributed by atoms with Gasteiger partial charge < -0.3 is 9.64 Å². The van der Waals surface area contributed by atoms with Crippen molar-refractivity contribution in [1.82, 2.24) is 4.90 Å². The monoisotopic (exact) mass is 313 g/mol. The topological polar surface area (TPSA) is 12.5 Å². The highest BCUT2D eigenvalue weighted by Gasteiger charge is 1.99. The van der Waals surface area contributed by atoms with Gasteiger partial charge in [-0.15, -0.1) is 0 Å². The number of hydrogen-bond acceptors (Lipinski definition) is 2. The van der Waals surface area contributed by atoms with Crippen LogP contribution in [0.15, 0.2) is 61.2 Å². The van der Waals surface area contributed by atoms with Gasteiger partial charge in [-0.05, 0) is 69.1 Å². The van der Waals surface area contributed by atoms with Crippen LogP contribution >= 0.6 is 0 Å². The fraction of sp³-hybridized carbons (Fsp3) is 0.429. The Balaban J connectivity index is 2.30. The zero-order valence-electron chi connectivity index (χ0n) is 14.8. The fourth-order valence-electron chi connectivity index (χ4n) is 2.46. The van der Waals surface area contributed by atoms with Crippen LogP contribution < -0.4 is 4.74 Å². The summed E-state index contributed by atoms with van der Waals surface area (Å²) in [4.78, 5) is 2.38. The Hall–Kier alpha value is -1.80. The van der Waals surface area contributed by atoms with E-state index in [-0.39, 0.29) is 0 Å². The van der Waals surface area contributed by atoms with E-state index in [0.29, 0.717) is 0 Å². The first-order chi connectivity index (χ1) is 11.2. The molecule has 0 atom stereocenters. The number of unbranched alkanes of at least 4 members (excludes halogenated alkanes) is 1. The van der Waals surface area contributed by atoms with Gasteiger partial charge >= 0.3 is 0 Å². The average molecular weight is 313 g/mol. The molecule has 1 aromatic carbocycles. The minimum atomic E-state index is 0.785. The standard InChI is InChI=1S/C21H31NO/c1-5-10-19(7-3)18-20-11-13-21(14-12-20)23-17-9-8-16-22(4)15-6-2/h5,7,10-14H,1,3,6,8-9,15-18H2,2,4H3/b19-10+. The molecule has 0 aliphatic carbocycles. The first-order valence-electron chi connectivity index (χ1n) is 8.54. The summed E-state index contributed by atoms with van der Waals surface area (Å²) in [5.74, 6) is 0.948. The van der Waals surface area contributed by atoms with Crippen molar-refractivity contribution < 1.29 is 4.74 Å². The molecule has 0 bridgehead atoms. The van der Waals surface area contributed by atoms with Crippen LogP contribution in [0.5, 0.6) is 5.75 Å². The van der Waals surface area contributed by atoms with Crippen molar-refractivity contribution >= 4 is 0 Å². The van der Waals surface area contributed by atoms with Gasteiger partial charge in [0.25, 0.3) is 0 Å².